The molecule has 82 valence electrons. The number of aromatic nitrogens is 1. The largest absolute Gasteiger partial charge is 0.477 e. The van der Waals surface area contributed by atoms with Crippen LogP contribution in [-0.4, -0.2) is 37.7 Å². The average Bonchev–Trinajstić information content (AvgIpc) is 2.27. The molecule has 1 aromatic heterocycles. The normalized spacial score (nSPS) is 14.6. The van der Waals surface area contributed by atoms with E-state index in [0.29, 0.717) is 5.56 Å². The van der Waals surface area contributed by atoms with E-state index in [1.165, 1.54) is 18.3 Å². The van der Waals surface area contributed by atoms with Crippen molar-refractivity contribution in [3.8, 4) is 0 Å². The first kappa shape index (κ1) is 12.1. The molecule has 1 heterocycles. The van der Waals surface area contributed by atoms with E-state index >= 15 is 0 Å². The summed E-state index contributed by atoms with van der Waals surface area (Å²) in [6.07, 6.45) is -0.776. The van der Waals surface area contributed by atoms with Gasteiger partial charge in [0.25, 0.3) is 0 Å². The Kier molecular flexibility index (Phi) is 4.19. The summed E-state index contributed by atoms with van der Waals surface area (Å²) in [5.74, 6) is -1.13. The van der Waals surface area contributed by atoms with Crippen LogP contribution in [0.5, 0.6) is 0 Å². The predicted molar refractivity (Wildman–Crippen MR) is 56.0 cm³/mol. The standard InChI is InChI=1S/C9H10BrNO4/c10-3-7(12)8(13)5-1-2-6(9(14)15)11-4-5/h1-2,4,7-8,12-13H,3H2,(H,14,15). The number of nitrogens with zero attached hydrogens (tertiary/aromatic N) is 1. The van der Waals surface area contributed by atoms with Gasteiger partial charge in [0.05, 0.1) is 6.10 Å². The molecule has 2 unspecified atom stereocenters. The quantitative estimate of drug-likeness (QED) is 0.699. The SMILES string of the molecule is O=C(O)c1ccc(C(O)C(O)CBr)cn1. The van der Waals surface area contributed by atoms with Crippen LogP contribution in [0.1, 0.15) is 22.2 Å². The van der Waals surface area contributed by atoms with Crippen LogP contribution in [0, 0.1) is 0 Å². The summed E-state index contributed by atoms with van der Waals surface area (Å²) >= 11 is 3.03. The summed E-state index contributed by atoms with van der Waals surface area (Å²) in [6.45, 7) is 0. The van der Waals surface area contributed by atoms with E-state index in [0.717, 1.165) is 0 Å². The molecule has 6 heteroatoms. The van der Waals surface area contributed by atoms with Crippen molar-refractivity contribution in [2.45, 2.75) is 12.2 Å². The van der Waals surface area contributed by atoms with Crippen LogP contribution >= 0.6 is 15.9 Å². The number of aliphatic hydroxyl groups is 2. The highest BCUT2D eigenvalue weighted by molar-refractivity contribution is 9.09. The fourth-order valence-corrected chi connectivity index (χ4v) is 1.37. The van der Waals surface area contributed by atoms with Gasteiger partial charge in [-0.3, -0.25) is 0 Å². The van der Waals surface area contributed by atoms with Gasteiger partial charge in [-0.2, -0.15) is 0 Å². The molecule has 0 aliphatic rings. The van der Waals surface area contributed by atoms with E-state index in [9.17, 15) is 15.0 Å². The van der Waals surface area contributed by atoms with Gasteiger partial charge >= 0.3 is 5.97 Å². The Bertz CT molecular complexity index is 340. The molecule has 0 amide bonds. The van der Waals surface area contributed by atoms with Crippen LogP contribution in [0.2, 0.25) is 0 Å². The smallest absolute Gasteiger partial charge is 0.354 e. The van der Waals surface area contributed by atoms with E-state index in [-0.39, 0.29) is 11.0 Å². The highest BCUT2D eigenvalue weighted by atomic mass is 79.9. The number of carbonyl (C=O) groups is 1. The highest BCUT2D eigenvalue weighted by Gasteiger charge is 2.17. The minimum atomic E-state index is -1.13. The van der Waals surface area contributed by atoms with Crippen LogP contribution in [0.25, 0.3) is 0 Å². The van der Waals surface area contributed by atoms with Gasteiger partial charge in [0.2, 0.25) is 0 Å². The monoisotopic (exact) mass is 275 g/mol. The first-order valence-corrected chi connectivity index (χ1v) is 5.29. The molecule has 3 N–H and O–H groups in total. The summed E-state index contributed by atoms with van der Waals surface area (Å²) in [5, 5.41) is 27.7. The summed E-state index contributed by atoms with van der Waals surface area (Å²) in [4.78, 5) is 14.1. The number of rotatable bonds is 4. The zero-order valence-electron chi connectivity index (χ0n) is 7.67. The molecule has 5 nitrogen and oxygen atoms in total. The van der Waals surface area contributed by atoms with Crippen LogP contribution in [0.3, 0.4) is 0 Å². The van der Waals surface area contributed by atoms with Gasteiger partial charge < -0.3 is 15.3 Å². The van der Waals surface area contributed by atoms with Crippen LogP contribution in [0.4, 0.5) is 0 Å². The zero-order valence-corrected chi connectivity index (χ0v) is 9.25. The number of hydrogen-bond acceptors (Lipinski definition) is 4. The van der Waals surface area contributed by atoms with Crippen molar-refractivity contribution in [2.75, 3.05) is 5.33 Å². The van der Waals surface area contributed by atoms with E-state index in [4.69, 9.17) is 5.11 Å². The summed E-state index contributed by atoms with van der Waals surface area (Å²) in [7, 11) is 0. The third-order valence-electron chi connectivity index (χ3n) is 1.87. The number of aliphatic hydroxyl groups excluding tert-OH is 2. The van der Waals surface area contributed by atoms with E-state index in [1.807, 2.05) is 0 Å². The average molecular weight is 276 g/mol. The maximum atomic E-state index is 10.5. The molecule has 0 aromatic carbocycles. The maximum absolute atomic E-state index is 10.5. The summed E-state index contributed by atoms with van der Waals surface area (Å²) in [6, 6.07) is 2.70. The topological polar surface area (TPSA) is 90.7 Å². The molecule has 1 aromatic rings. The Hall–Kier alpha value is -0.980. The van der Waals surface area contributed by atoms with Crippen molar-refractivity contribution < 1.29 is 20.1 Å². The second-order valence-corrected chi connectivity index (χ2v) is 3.60. The molecule has 1 rings (SSSR count). The first-order chi connectivity index (χ1) is 7.06. The number of aromatic carboxylic acids is 1. The molecule has 0 aliphatic heterocycles. The second-order valence-electron chi connectivity index (χ2n) is 2.95. The van der Waals surface area contributed by atoms with Gasteiger partial charge in [-0.25, -0.2) is 9.78 Å². The summed E-state index contributed by atoms with van der Waals surface area (Å²) in [5.41, 5.74) is 0.284. The summed E-state index contributed by atoms with van der Waals surface area (Å²) < 4.78 is 0. The lowest BCUT2D eigenvalue weighted by molar-refractivity contribution is 0.0340. The van der Waals surface area contributed by atoms with Gasteiger partial charge in [-0.15, -0.1) is 0 Å². The Morgan fingerprint density at radius 3 is 2.53 bits per heavy atom. The molecule has 0 radical (unpaired) electrons. The van der Waals surface area contributed by atoms with Gasteiger partial charge in [0.1, 0.15) is 11.8 Å². The fourth-order valence-electron chi connectivity index (χ4n) is 1.01. The van der Waals surface area contributed by atoms with Crippen molar-refractivity contribution in [1.82, 2.24) is 4.98 Å². The van der Waals surface area contributed by atoms with E-state index in [1.54, 1.807) is 0 Å². The van der Waals surface area contributed by atoms with Crippen molar-refractivity contribution in [3.05, 3.63) is 29.6 Å². The number of carboxylic acid groups (broad SMARTS) is 1. The number of hydrogen-bond donors (Lipinski definition) is 3. The van der Waals surface area contributed by atoms with Crippen molar-refractivity contribution in [1.29, 1.82) is 0 Å². The van der Waals surface area contributed by atoms with Gasteiger partial charge in [-0.05, 0) is 6.07 Å². The Labute approximate surface area is 94.5 Å². The minimum absolute atomic E-state index is 0.0979. The lowest BCUT2D eigenvalue weighted by Gasteiger charge is -2.15. The zero-order chi connectivity index (χ0) is 11.4. The van der Waals surface area contributed by atoms with Gasteiger partial charge in [-0.1, -0.05) is 22.0 Å². The predicted octanol–water partition coefficient (Wildman–Crippen LogP) is 0.569. The minimum Gasteiger partial charge on any atom is -0.477 e. The molecular formula is C9H10BrNO4. The number of halogens is 1. The van der Waals surface area contributed by atoms with E-state index < -0.39 is 18.2 Å². The lowest BCUT2D eigenvalue weighted by atomic mass is 10.1. The van der Waals surface area contributed by atoms with Crippen molar-refractivity contribution in [3.63, 3.8) is 0 Å². The second kappa shape index (κ2) is 5.20. The molecule has 2 atom stereocenters. The molecule has 0 spiro atoms. The van der Waals surface area contributed by atoms with Crippen LogP contribution in [-0.2, 0) is 0 Å². The van der Waals surface area contributed by atoms with Gasteiger partial charge in [0, 0.05) is 17.1 Å². The first-order valence-electron chi connectivity index (χ1n) is 4.17. The van der Waals surface area contributed by atoms with Crippen LogP contribution < -0.4 is 0 Å². The molecule has 15 heavy (non-hydrogen) atoms. The lowest BCUT2D eigenvalue weighted by Crippen LogP contribution is -2.19. The molecule has 0 saturated carbocycles. The van der Waals surface area contributed by atoms with Crippen molar-refractivity contribution >= 4 is 21.9 Å². The number of alkyl halides is 1. The Morgan fingerprint density at radius 1 is 1.47 bits per heavy atom. The third-order valence-corrected chi connectivity index (χ3v) is 2.53. The molecular weight excluding hydrogens is 266 g/mol. The maximum Gasteiger partial charge on any atom is 0.354 e. The molecule has 0 aliphatic carbocycles. The third kappa shape index (κ3) is 2.98. The van der Waals surface area contributed by atoms with Gasteiger partial charge in [0.15, 0.2) is 0 Å². The molecule has 0 fully saturated rings. The number of pyridine rings is 1. The Morgan fingerprint density at radius 2 is 2.13 bits per heavy atom. The van der Waals surface area contributed by atoms with Crippen molar-refractivity contribution in [2.24, 2.45) is 0 Å². The van der Waals surface area contributed by atoms with Crippen LogP contribution in [0.15, 0.2) is 18.3 Å². The fraction of sp³-hybridized carbons (Fsp3) is 0.333. The molecule has 0 bridgehead atoms. The van der Waals surface area contributed by atoms with E-state index in [2.05, 4.69) is 20.9 Å². The molecule has 0 saturated heterocycles. The highest BCUT2D eigenvalue weighted by Crippen LogP contribution is 2.17. The Balaban J connectivity index is 2.84. The number of carboxylic acids is 1.